The Bertz CT molecular complexity index is 219. The number of hydrogen-bond acceptors (Lipinski definition) is 4. The number of nitrogens with one attached hydrogen (secondary N) is 3. The van der Waals surface area contributed by atoms with Gasteiger partial charge in [0.05, 0.1) is 6.61 Å². The van der Waals surface area contributed by atoms with Crippen LogP contribution in [0.1, 0.15) is 6.92 Å². The molecule has 0 aromatic carbocycles. The number of hydrogen-bond donors (Lipinski definition) is 4. The largest absolute Gasteiger partial charge is 0.383 e. The van der Waals surface area contributed by atoms with E-state index in [1.54, 1.807) is 14.2 Å². The number of carbonyl (C=O) groups is 1. The Hall–Kier alpha value is -1.34. The number of hydrazine groups is 1. The maximum atomic E-state index is 10.9. The molecule has 15 heavy (non-hydrogen) atoms. The molecule has 0 bridgehead atoms. The van der Waals surface area contributed by atoms with Crippen molar-refractivity contribution in [1.29, 1.82) is 0 Å². The van der Waals surface area contributed by atoms with Crippen LogP contribution in [0.25, 0.3) is 0 Å². The summed E-state index contributed by atoms with van der Waals surface area (Å²) in [4.78, 5) is 14.8. The van der Waals surface area contributed by atoms with E-state index in [1.807, 2.05) is 6.92 Å². The highest BCUT2D eigenvalue weighted by atomic mass is 16.5. The molecule has 0 fully saturated rings. The number of methoxy groups -OCH3 is 1. The summed E-state index contributed by atoms with van der Waals surface area (Å²) in [5, 5.41) is 5.41. The number of nitrogens with zero attached hydrogens (tertiary/aromatic N) is 1. The van der Waals surface area contributed by atoms with Crippen LogP contribution >= 0.6 is 0 Å². The average Bonchev–Trinajstić information content (AvgIpc) is 2.23. The van der Waals surface area contributed by atoms with Gasteiger partial charge in [0.15, 0.2) is 0 Å². The first-order valence-corrected chi connectivity index (χ1v) is 4.61. The third-order valence-corrected chi connectivity index (χ3v) is 1.60. The van der Waals surface area contributed by atoms with Gasteiger partial charge in [0, 0.05) is 20.2 Å². The average molecular weight is 217 g/mol. The van der Waals surface area contributed by atoms with Crippen LogP contribution < -0.4 is 21.9 Å². The molecule has 0 aromatic heterocycles. The molecule has 0 rings (SSSR count). The molecule has 0 spiro atoms. The van der Waals surface area contributed by atoms with Crippen molar-refractivity contribution in [3.05, 3.63) is 0 Å². The number of amides is 1. The fourth-order valence-electron chi connectivity index (χ4n) is 0.888. The summed E-state index contributed by atoms with van der Waals surface area (Å²) in [6.07, 6.45) is 0. The van der Waals surface area contributed by atoms with E-state index in [0.29, 0.717) is 12.6 Å². The molecule has 0 aliphatic heterocycles. The van der Waals surface area contributed by atoms with Crippen LogP contribution in [0.4, 0.5) is 0 Å². The van der Waals surface area contributed by atoms with Gasteiger partial charge >= 0.3 is 0 Å². The van der Waals surface area contributed by atoms with Crippen molar-refractivity contribution >= 4 is 11.9 Å². The molecule has 5 N–H and O–H groups in total. The van der Waals surface area contributed by atoms with Gasteiger partial charge in [-0.1, -0.05) is 0 Å². The molecule has 7 nitrogen and oxygen atoms in total. The molecule has 0 radical (unpaired) electrons. The zero-order valence-electron chi connectivity index (χ0n) is 9.33. The number of ether oxygens (including phenoxy) is 1. The van der Waals surface area contributed by atoms with E-state index in [9.17, 15) is 4.79 Å². The molecule has 0 saturated heterocycles. The number of guanidine groups is 1. The van der Waals surface area contributed by atoms with Gasteiger partial charge in [-0.15, -0.1) is 0 Å². The summed E-state index contributed by atoms with van der Waals surface area (Å²) in [7, 11) is 3.16. The van der Waals surface area contributed by atoms with Crippen LogP contribution in [0.2, 0.25) is 0 Å². The summed E-state index contributed by atoms with van der Waals surface area (Å²) < 4.78 is 4.93. The Kier molecular flexibility index (Phi) is 7.29. The Labute approximate surface area is 89.4 Å². The maximum Gasteiger partial charge on any atom is 0.241 e. The minimum absolute atomic E-state index is 0.0305. The van der Waals surface area contributed by atoms with E-state index in [-0.39, 0.29) is 18.5 Å². The molecule has 1 amide bonds. The SMILES string of the molecule is CNC(=O)CN=C(NN)NC(C)COC. The quantitative estimate of drug-likeness (QED) is 0.188. The molecule has 0 heterocycles. The highest BCUT2D eigenvalue weighted by Gasteiger charge is 2.04. The van der Waals surface area contributed by atoms with Crippen LogP contribution in [-0.4, -0.2) is 45.2 Å². The van der Waals surface area contributed by atoms with E-state index in [1.165, 1.54) is 0 Å². The lowest BCUT2D eigenvalue weighted by Crippen LogP contribution is -2.47. The third-order valence-electron chi connectivity index (χ3n) is 1.60. The zero-order chi connectivity index (χ0) is 11.7. The minimum Gasteiger partial charge on any atom is -0.383 e. The van der Waals surface area contributed by atoms with Gasteiger partial charge in [0.2, 0.25) is 11.9 Å². The number of nitrogens with two attached hydrogens (primary N) is 1. The van der Waals surface area contributed by atoms with Gasteiger partial charge in [-0.2, -0.15) is 0 Å². The predicted molar refractivity (Wildman–Crippen MR) is 58.2 cm³/mol. The van der Waals surface area contributed by atoms with Crippen molar-refractivity contribution in [3.8, 4) is 0 Å². The summed E-state index contributed by atoms with van der Waals surface area (Å²) in [5.74, 6) is 5.42. The zero-order valence-corrected chi connectivity index (χ0v) is 9.33. The molecule has 1 unspecified atom stereocenters. The van der Waals surface area contributed by atoms with Gasteiger partial charge < -0.3 is 15.4 Å². The fraction of sp³-hybridized carbons (Fsp3) is 0.750. The Morgan fingerprint density at radius 3 is 2.73 bits per heavy atom. The highest BCUT2D eigenvalue weighted by molar-refractivity contribution is 5.84. The lowest BCUT2D eigenvalue weighted by molar-refractivity contribution is -0.119. The lowest BCUT2D eigenvalue weighted by atomic mass is 10.4. The molecule has 0 aliphatic carbocycles. The summed E-state index contributed by atoms with van der Waals surface area (Å²) in [6, 6.07) is 0.0643. The first-order chi connectivity index (χ1) is 7.13. The normalized spacial score (nSPS) is 13.2. The number of rotatable bonds is 5. The minimum atomic E-state index is -0.177. The van der Waals surface area contributed by atoms with Crippen LogP contribution in [-0.2, 0) is 9.53 Å². The fourth-order valence-corrected chi connectivity index (χ4v) is 0.888. The molecular weight excluding hydrogens is 198 g/mol. The maximum absolute atomic E-state index is 10.9. The van der Waals surface area contributed by atoms with E-state index in [4.69, 9.17) is 10.6 Å². The van der Waals surface area contributed by atoms with E-state index >= 15 is 0 Å². The van der Waals surface area contributed by atoms with Crippen molar-refractivity contribution in [3.63, 3.8) is 0 Å². The molecule has 1 atom stereocenters. The Morgan fingerprint density at radius 1 is 1.60 bits per heavy atom. The molecule has 7 heteroatoms. The number of aliphatic imine (C=N–C) groups is 1. The van der Waals surface area contributed by atoms with Crippen LogP contribution in [0.5, 0.6) is 0 Å². The smallest absolute Gasteiger partial charge is 0.241 e. The first-order valence-electron chi connectivity index (χ1n) is 4.61. The van der Waals surface area contributed by atoms with Crippen molar-refractivity contribution < 1.29 is 9.53 Å². The Morgan fingerprint density at radius 2 is 2.27 bits per heavy atom. The number of likely N-dealkylation sites (N-methyl/N-ethyl adjacent to an activating group) is 1. The van der Waals surface area contributed by atoms with Crippen molar-refractivity contribution in [1.82, 2.24) is 16.1 Å². The van der Waals surface area contributed by atoms with Crippen LogP contribution in [0, 0.1) is 0 Å². The predicted octanol–water partition coefficient (Wildman–Crippen LogP) is -1.82. The van der Waals surface area contributed by atoms with E-state index in [0.717, 1.165) is 0 Å². The Balaban J connectivity index is 4.05. The monoisotopic (exact) mass is 217 g/mol. The highest BCUT2D eigenvalue weighted by Crippen LogP contribution is 1.82. The third kappa shape index (κ3) is 6.69. The van der Waals surface area contributed by atoms with Crippen LogP contribution in [0.3, 0.4) is 0 Å². The van der Waals surface area contributed by atoms with Gasteiger partial charge in [0.25, 0.3) is 0 Å². The topological polar surface area (TPSA) is 101 Å². The van der Waals surface area contributed by atoms with E-state index < -0.39 is 0 Å². The van der Waals surface area contributed by atoms with Crippen molar-refractivity contribution in [2.75, 3.05) is 27.3 Å². The molecular formula is C8H19N5O2. The lowest BCUT2D eigenvalue weighted by Gasteiger charge is -2.15. The second-order valence-electron chi connectivity index (χ2n) is 2.98. The second kappa shape index (κ2) is 8.01. The molecule has 0 aromatic rings. The summed E-state index contributed by atoms with van der Waals surface area (Å²) in [5.41, 5.74) is 2.37. The van der Waals surface area contributed by atoms with Gasteiger partial charge in [-0.3, -0.25) is 10.2 Å². The molecule has 88 valence electrons. The number of carbonyl (C=O) groups excluding carboxylic acids is 1. The van der Waals surface area contributed by atoms with Gasteiger partial charge in [0.1, 0.15) is 6.54 Å². The second-order valence-corrected chi connectivity index (χ2v) is 2.98. The van der Waals surface area contributed by atoms with Gasteiger partial charge in [-0.05, 0) is 6.92 Å². The molecule has 0 aliphatic rings. The van der Waals surface area contributed by atoms with Crippen molar-refractivity contribution in [2.45, 2.75) is 13.0 Å². The first kappa shape index (κ1) is 13.7. The van der Waals surface area contributed by atoms with Crippen molar-refractivity contribution in [2.24, 2.45) is 10.8 Å². The van der Waals surface area contributed by atoms with E-state index in [2.05, 4.69) is 21.1 Å². The summed E-state index contributed by atoms with van der Waals surface area (Å²) >= 11 is 0. The standard InChI is InChI=1S/C8H19N5O2/c1-6(5-15-3)12-8(13-9)11-4-7(14)10-2/h6H,4-5,9H2,1-3H3,(H,10,14)(H2,11,12,13). The molecule has 0 saturated carbocycles. The van der Waals surface area contributed by atoms with Gasteiger partial charge in [-0.25, -0.2) is 10.8 Å². The van der Waals surface area contributed by atoms with Crippen LogP contribution in [0.15, 0.2) is 4.99 Å². The summed E-state index contributed by atoms with van der Waals surface area (Å²) in [6.45, 7) is 2.47.